The molecule has 0 radical (unpaired) electrons. The summed E-state index contributed by atoms with van der Waals surface area (Å²) in [5, 5.41) is 2.93. The number of hydrogen-bond donors (Lipinski definition) is 1. The Kier molecular flexibility index (Phi) is 5.82. The number of carbonyl (C=O) groups excluding carboxylic acids is 3. The summed E-state index contributed by atoms with van der Waals surface area (Å²) in [6.07, 6.45) is 5.38. The van der Waals surface area contributed by atoms with Crippen molar-refractivity contribution >= 4 is 17.8 Å². The third-order valence-electron chi connectivity index (χ3n) is 7.16. The number of nitrogens with zero attached hydrogens (tertiary/aromatic N) is 3. The molecule has 4 rings (SSSR count). The second kappa shape index (κ2) is 8.38. The van der Waals surface area contributed by atoms with E-state index in [9.17, 15) is 14.4 Å². The number of likely N-dealkylation sites (N-methyl/N-ethyl adjacent to an activating group) is 1. The van der Waals surface area contributed by atoms with Crippen LogP contribution in [0.1, 0.15) is 50.2 Å². The third kappa shape index (κ3) is 3.71. The molecule has 2 fully saturated rings. The van der Waals surface area contributed by atoms with E-state index in [1.807, 2.05) is 0 Å². The quantitative estimate of drug-likeness (QED) is 0.752. The number of imide groups is 1. The molecule has 2 aliphatic heterocycles. The third-order valence-corrected chi connectivity index (χ3v) is 7.16. The number of fused-ring (bicyclic) bond motifs is 1. The molecule has 4 amide bonds. The van der Waals surface area contributed by atoms with Gasteiger partial charge in [0.2, 0.25) is 5.91 Å². The summed E-state index contributed by atoms with van der Waals surface area (Å²) < 4.78 is 0. The minimum absolute atomic E-state index is 0.180. The molecule has 162 valence electrons. The number of hydrogen-bond acceptors (Lipinski definition) is 4. The lowest BCUT2D eigenvalue weighted by molar-refractivity contribution is -0.137. The first kappa shape index (κ1) is 20.8. The molecular formula is C23H32N4O3. The average Bonchev–Trinajstić information content (AvgIpc) is 2.94. The van der Waals surface area contributed by atoms with Crippen molar-refractivity contribution in [2.45, 2.75) is 63.6 Å². The minimum Gasteiger partial charge on any atom is -0.353 e. The van der Waals surface area contributed by atoms with Crippen molar-refractivity contribution in [2.24, 2.45) is 0 Å². The van der Waals surface area contributed by atoms with Crippen molar-refractivity contribution in [2.75, 3.05) is 26.7 Å². The largest absolute Gasteiger partial charge is 0.353 e. The predicted molar refractivity (Wildman–Crippen MR) is 114 cm³/mol. The number of rotatable bonds is 5. The Morgan fingerprint density at radius 3 is 2.57 bits per heavy atom. The van der Waals surface area contributed by atoms with Gasteiger partial charge in [-0.2, -0.15) is 0 Å². The standard InChI is InChI=1S/C23H32N4O3/c1-17(26-13-10-18-8-4-5-9-19(18)15-26)14-24-20(28)16-27-21(29)23(25(2)22(27)30)11-6-3-7-12-23/h4-5,8-9,17H,3,6-7,10-16H2,1-2H3,(H,24,28). The van der Waals surface area contributed by atoms with Gasteiger partial charge in [-0.1, -0.05) is 43.5 Å². The van der Waals surface area contributed by atoms with Gasteiger partial charge in [0.05, 0.1) is 0 Å². The van der Waals surface area contributed by atoms with Crippen molar-refractivity contribution in [1.82, 2.24) is 20.0 Å². The van der Waals surface area contributed by atoms with E-state index in [0.717, 1.165) is 43.7 Å². The van der Waals surface area contributed by atoms with Crippen LogP contribution < -0.4 is 5.32 Å². The van der Waals surface area contributed by atoms with Crippen molar-refractivity contribution in [3.05, 3.63) is 35.4 Å². The molecule has 0 bridgehead atoms. The molecule has 0 aromatic heterocycles. The molecule has 1 aromatic rings. The van der Waals surface area contributed by atoms with E-state index in [2.05, 4.69) is 41.4 Å². The molecule has 7 nitrogen and oxygen atoms in total. The van der Waals surface area contributed by atoms with Crippen molar-refractivity contribution < 1.29 is 14.4 Å². The molecule has 1 unspecified atom stereocenters. The lowest BCUT2D eigenvalue weighted by Crippen LogP contribution is -2.50. The Morgan fingerprint density at radius 2 is 1.83 bits per heavy atom. The summed E-state index contributed by atoms with van der Waals surface area (Å²) in [5.74, 6) is -0.479. The normalized spacial score (nSPS) is 22.3. The Bertz CT molecular complexity index is 833. The highest BCUT2D eigenvalue weighted by molar-refractivity contribution is 6.08. The van der Waals surface area contributed by atoms with Crippen molar-refractivity contribution in [1.29, 1.82) is 0 Å². The van der Waals surface area contributed by atoms with Crippen LogP contribution in [0.4, 0.5) is 4.79 Å². The number of amides is 4. The Hall–Kier alpha value is -2.41. The maximum Gasteiger partial charge on any atom is 0.327 e. The fourth-order valence-electron chi connectivity index (χ4n) is 5.15. The SMILES string of the molecule is CC(CNC(=O)CN1C(=O)N(C)C2(CCCCC2)C1=O)N1CCc2ccccc2C1. The molecule has 2 heterocycles. The second-order valence-electron chi connectivity index (χ2n) is 8.97. The number of nitrogens with one attached hydrogen (secondary N) is 1. The van der Waals surface area contributed by atoms with Crippen LogP contribution in [0.3, 0.4) is 0 Å². The van der Waals surface area contributed by atoms with Gasteiger partial charge in [-0.05, 0) is 37.3 Å². The zero-order valence-corrected chi connectivity index (χ0v) is 18.0. The van der Waals surface area contributed by atoms with Gasteiger partial charge in [-0.3, -0.25) is 19.4 Å². The van der Waals surface area contributed by atoms with Gasteiger partial charge >= 0.3 is 6.03 Å². The summed E-state index contributed by atoms with van der Waals surface area (Å²) >= 11 is 0. The molecule has 1 saturated heterocycles. The van der Waals surface area contributed by atoms with Crippen LogP contribution >= 0.6 is 0 Å². The molecular weight excluding hydrogens is 380 g/mol. The highest BCUT2D eigenvalue weighted by Crippen LogP contribution is 2.39. The van der Waals surface area contributed by atoms with Crippen LogP contribution in [-0.2, 0) is 22.6 Å². The summed E-state index contributed by atoms with van der Waals surface area (Å²) in [7, 11) is 1.69. The highest BCUT2D eigenvalue weighted by atomic mass is 16.2. The number of benzene rings is 1. The predicted octanol–water partition coefficient (Wildman–Crippen LogP) is 2.15. The van der Waals surface area contributed by atoms with Gasteiger partial charge in [-0.25, -0.2) is 4.79 Å². The van der Waals surface area contributed by atoms with E-state index in [1.165, 1.54) is 11.1 Å². The van der Waals surface area contributed by atoms with Crippen LogP contribution in [0.5, 0.6) is 0 Å². The summed E-state index contributed by atoms with van der Waals surface area (Å²) in [6.45, 7) is 4.25. The summed E-state index contributed by atoms with van der Waals surface area (Å²) in [5.41, 5.74) is 2.01. The lowest BCUT2D eigenvalue weighted by atomic mass is 9.81. The molecule has 1 N–H and O–H groups in total. The van der Waals surface area contributed by atoms with Gasteiger partial charge in [0.1, 0.15) is 12.1 Å². The van der Waals surface area contributed by atoms with Crippen LogP contribution in [0, 0.1) is 0 Å². The molecule has 1 spiro atoms. The fraction of sp³-hybridized carbons (Fsp3) is 0.609. The van der Waals surface area contributed by atoms with Crippen LogP contribution in [0.15, 0.2) is 24.3 Å². The Morgan fingerprint density at radius 1 is 1.13 bits per heavy atom. The van der Waals surface area contributed by atoms with Crippen LogP contribution in [0.25, 0.3) is 0 Å². The highest BCUT2D eigenvalue weighted by Gasteiger charge is 2.55. The van der Waals surface area contributed by atoms with E-state index in [0.29, 0.717) is 19.4 Å². The number of carbonyl (C=O) groups is 3. The smallest absolute Gasteiger partial charge is 0.327 e. The first-order valence-corrected chi connectivity index (χ1v) is 11.1. The monoisotopic (exact) mass is 412 g/mol. The maximum absolute atomic E-state index is 13.0. The molecule has 30 heavy (non-hydrogen) atoms. The zero-order valence-electron chi connectivity index (χ0n) is 18.0. The van der Waals surface area contributed by atoms with E-state index < -0.39 is 5.54 Å². The molecule has 1 saturated carbocycles. The summed E-state index contributed by atoms with van der Waals surface area (Å²) in [4.78, 5) is 43.3. The molecule has 1 aliphatic carbocycles. The minimum atomic E-state index is -0.732. The van der Waals surface area contributed by atoms with E-state index in [4.69, 9.17) is 0 Å². The van der Waals surface area contributed by atoms with Crippen molar-refractivity contribution in [3.63, 3.8) is 0 Å². The average molecular weight is 413 g/mol. The van der Waals surface area contributed by atoms with Gasteiger partial charge in [0.15, 0.2) is 0 Å². The zero-order chi connectivity index (χ0) is 21.3. The van der Waals surface area contributed by atoms with E-state index in [1.54, 1.807) is 11.9 Å². The van der Waals surface area contributed by atoms with Gasteiger partial charge in [0, 0.05) is 32.7 Å². The maximum atomic E-state index is 13.0. The fourth-order valence-corrected chi connectivity index (χ4v) is 5.15. The molecule has 1 atom stereocenters. The topological polar surface area (TPSA) is 73.0 Å². The van der Waals surface area contributed by atoms with Crippen LogP contribution in [-0.4, -0.2) is 70.8 Å². The van der Waals surface area contributed by atoms with Gasteiger partial charge in [0.25, 0.3) is 5.91 Å². The second-order valence-corrected chi connectivity index (χ2v) is 8.97. The van der Waals surface area contributed by atoms with E-state index >= 15 is 0 Å². The Balaban J connectivity index is 1.31. The van der Waals surface area contributed by atoms with Crippen LogP contribution in [0.2, 0.25) is 0 Å². The first-order chi connectivity index (χ1) is 14.4. The number of urea groups is 1. The first-order valence-electron chi connectivity index (χ1n) is 11.1. The Labute approximate surface area is 178 Å². The van der Waals surface area contributed by atoms with Gasteiger partial charge < -0.3 is 10.2 Å². The molecule has 1 aromatic carbocycles. The van der Waals surface area contributed by atoms with Gasteiger partial charge in [-0.15, -0.1) is 0 Å². The van der Waals surface area contributed by atoms with E-state index in [-0.39, 0.29) is 30.4 Å². The van der Waals surface area contributed by atoms with Crippen molar-refractivity contribution in [3.8, 4) is 0 Å². The molecule has 3 aliphatic rings. The summed E-state index contributed by atoms with van der Waals surface area (Å²) in [6, 6.07) is 8.31. The lowest BCUT2D eigenvalue weighted by Gasteiger charge is -2.35. The molecule has 7 heteroatoms.